The van der Waals surface area contributed by atoms with Crippen LogP contribution in [0.3, 0.4) is 0 Å². The van der Waals surface area contributed by atoms with Gasteiger partial charge in [0, 0.05) is 57.1 Å². The van der Waals surface area contributed by atoms with Gasteiger partial charge in [-0.1, -0.05) is 0 Å². The summed E-state index contributed by atoms with van der Waals surface area (Å²) in [5.74, 6) is 1.65. The molecule has 6 nitrogen and oxygen atoms in total. The third-order valence-corrected chi connectivity index (χ3v) is 4.62. The van der Waals surface area contributed by atoms with Crippen molar-refractivity contribution in [2.75, 3.05) is 48.9 Å². The van der Waals surface area contributed by atoms with Crippen molar-refractivity contribution >= 4 is 33.5 Å². The Bertz CT molecular complexity index is 725. The SMILES string of the molecule is CN(C)c1nccc(N(C)C2CCN(c3ncc(Br)cc3F)C2)n1. The standard InChI is InChI=1S/C16H20BrFN6/c1-22(2)16-19-6-4-14(21-16)23(3)12-5-7-24(10-12)15-13(18)8-11(17)9-20-15/h4,6,8-9,12H,5,7,10H2,1-3H3. The van der Waals surface area contributed by atoms with Crippen LogP contribution < -0.4 is 14.7 Å². The molecule has 0 spiro atoms. The minimum absolute atomic E-state index is 0.250. The van der Waals surface area contributed by atoms with Gasteiger partial charge in [-0.25, -0.2) is 14.4 Å². The van der Waals surface area contributed by atoms with Gasteiger partial charge < -0.3 is 14.7 Å². The van der Waals surface area contributed by atoms with Crippen LogP contribution in [-0.2, 0) is 0 Å². The highest BCUT2D eigenvalue weighted by Crippen LogP contribution is 2.27. The summed E-state index contributed by atoms with van der Waals surface area (Å²) in [4.78, 5) is 19.0. The second-order valence-corrected chi connectivity index (χ2v) is 6.98. The fraction of sp³-hybridized carbons (Fsp3) is 0.438. The van der Waals surface area contributed by atoms with Gasteiger partial charge in [-0.3, -0.25) is 0 Å². The van der Waals surface area contributed by atoms with Gasteiger partial charge in [-0.15, -0.1) is 0 Å². The van der Waals surface area contributed by atoms with Crippen molar-refractivity contribution in [3.05, 3.63) is 34.8 Å². The summed E-state index contributed by atoms with van der Waals surface area (Å²) >= 11 is 3.24. The minimum Gasteiger partial charge on any atom is -0.355 e. The van der Waals surface area contributed by atoms with Gasteiger partial charge in [0.1, 0.15) is 5.82 Å². The number of halogens is 2. The lowest BCUT2D eigenvalue weighted by Crippen LogP contribution is -2.35. The zero-order valence-corrected chi connectivity index (χ0v) is 15.5. The first-order chi connectivity index (χ1) is 11.5. The Morgan fingerprint density at radius 2 is 2.08 bits per heavy atom. The van der Waals surface area contributed by atoms with Crippen LogP contribution in [0.2, 0.25) is 0 Å². The summed E-state index contributed by atoms with van der Waals surface area (Å²) < 4.78 is 14.8. The molecule has 0 radical (unpaired) electrons. The molecule has 1 fully saturated rings. The number of anilines is 3. The van der Waals surface area contributed by atoms with E-state index in [9.17, 15) is 4.39 Å². The highest BCUT2D eigenvalue weighted by Gasteiger charge is 2.29. The van der Waals surface area contributed by atoms with Crippen molar-refractivity contribution in [1.29, 1.82) is 0 Å². The number of nitrogens with zero attached hydrogens (tertiary/aromatic N) is 6. The van der Waals surface area contributed by atoms with Crippen LogP contribution in [0.4, 0.5) is 22.0 Å². The molecule has 2 aromatic heterocycles. The first-order valence-electron chi connectivity index (χ1n) is 7.75. The normalized spacial score (nSPS) is 17.2. The Morgan fingerprint density at radius 3 is 2.79 bits per heavy atom. The van der Waals surface area contributed by atoms with Crippen LogP contribution in [-0.4, -0.2) is 55.2 Å². The average Bonchev–Trinajstić information content (AvgIpc) is 3.04. The average molecular weight is 395 g/mol. The summed E-state index contributed by atoms with van der Waals surface area (Å²) in [6, 6.07) is 3.60. The molecule has 1 atom stereocenters. The summed E-state index contributed by atoms with van der Waals surface area (Å²) in [6.07, 6.45) is 4.31. The summed E-state index contributed by atoms with van der Waals surface area (Å²) in [5.41, 5.74) is 0. The van der Waals surface area contributed by atoms with Crippen molar-refractivity contribution in [3.8, 4) is 0 Å². The second kappa shape index (κ2) is 6.88. The van der Waals surface area contributed by atoms with E-state index in [1.807, 2.05) is 37.0 Å². The van der Waals surface area contributed by atoms with E-state index in [-0.39, 0.29) is 11.9 Å². The van der Waals surface area contributed by atoms with E-state index in [0.717, 1.165) is 18.8 Å². The molecule has 8 heteroatoms. The largest absolute Gasteiger partial charge is 0.355 e. The zero-order valence-electron chi connectivity index (χ0n) is 13.9. The van der Waals surface area contributed by atoms with Crippen LogP contribution in [0, 0.1) is 5.82 Å². The maximum absolute atomic E-state index is 14.1. The quantitative estimate of drug-likeness (QED) is 0.793. The molecule has 0 bridgehead atoms. The smallest absolute Gasteiger partial charge is 0.226 e. The number of aromatic nitrogens is 3. The van der Waals surface area contributed by atoms with E-state index in [4.69, 9.17) is 0 Å². The molecule has 1 aliphatic heterocycles. The summed E-state index contributed by atoms with van der Waals surface area (Å²) in [5, 5.41) is 0. The number of hydrogen-bond donors (Lipinski definition) is 0. The fourth-order valence-electron chi connectivity index (χ4n) is 2.83. The molecule has 1 aliphatic rings. The Morgan fingerprint density at radius 1 is 1.29 bits per heavy atom. The maximum atomic E-state index is 14.1. The lowest BCUT2D eigenvalue weighted by atomic mass is 10.2. The third kappa shape index (κ3) is 3.43. The molecule has 2 aromatic rings. The Balaban J connectivity index is 1.74. The monoisotopic (exact) mass is 394 g/mol. The molecule has 0 N–H and O–H groups in total. The lowest BCUT2D eigenvalue weighted by Gasteiger charge is -2.26. The molecular weight excluding hydrogens is 375 g/mol. The molecule has 0 aliphatic carbocycles. The van der Waals surface area contributed by atoms with Crippen molar-refractivity contribution < 1.29 is 4.39 Å². The number of hydrogen-bond acceptors (Lipinski definition) is 6. The number of pyridine rings is 1. The van der Waals surface area contributed by atoms with Crippen LogP contribution in [0.25, 0.3) is 0 Å². The first-order valence-corrected chi connectivity index (χ1v) is 8.54. The Kier molecular flexibility index (Phi) is 4.84. The molecule has 3 heterocycles. The fourth-order valence-corrected chi connectivity index (χ4v) is 3.13. The van der Waals surface area contributed by atoms with Gasteiger partial charge in [-0.2, -0.15) is 4.98 Å². The van der Waals surface area contributed by atoms with E-state index in [0.29, 0.717) is 22.8 Å². The van der Waals surface area contributed by atoms with Gasteiger partial charge in [0.05, 0.1) is 0 Å². The molecule has 0 aromatic carbocycles. The highest BCUT2D eigenvalue weighted by atomic mass is 79.9. The molecule has 128 valence electrons. The van der Waals surface area contributed by atoms with Crippen molar-refractivity contribution in [1.82, 2.24) is 15.0 Å². The summed E-state index contributed by atoms with van der Waals surface area (Å²) in [6.45, 7) is 1.48. The van der Waals surface area contributed by atoms with Crippen molar-refractivity contribution in [2.45, 2.75) is 12.5 Å². The predicted molar refractivity (Wildman–Crippen MR) is 97.3 cm³/mol. The van der Waals surface area contributed by atoms with E-state index in [1.54, 1.807) is 12.4 Å². The molecule has 3 rings (SSSR count). The van der Waals surface area contributed by atoms with Gasteiger partial charge in [0.25, 0.3) is 0 Å². The second-order valence-electron chi connectivity index (χ2n) is 6.07. The van der Waals surface area contributed by atoms with Crippen LogP contribution in [0.15, 0.2) is 29.0 Å². The molecule has 1 unspecified atom stereocenters. The van der Waals surface area contributed by atoms with E-state index in [1.165, 1.54) is 6.07 Å². The van der Waals surface area contributed by atoms with Gasteiger partial charge in [-0.05, 0) is 34.5 Å². The first kappa shape index (κ1) is 16.9. The van der Waals surface area contributed by atoms with Gasteiger partial charge >= 0.3 is 0 Å². The number of rotatable bonds is 4. The molecular formula is C16H20BrFN6. The van der Waals surface area contributed by atoms with Crippen molar-refractivity contribution in [2.24, 2.45) is 0 Å². The maximum Gasteiger partial charge on any atom is 0.226 e. The predicted octanol–water partition coefficient (Wildman–Crippen LogP) is 2.55. The molecule has 24 heavy (non-hydrogen) atoms. The molecule has 0 saturated carbocycles. The Labute approximate surface area is 149 Å². The highest BCUT2D eigenvalue weighted by molar-refractivity contribution is 9.10. The van der Waals surface area contributed by atoms with Crippen LogP contribution >= 0.6 is 15.9 Å². The molecule has 0 amide bonds. The lowest BCUT2D eigenvalue weighted by molar-refractivity contribution is 0.613. The number of likely N-dealkylation sites (N-methyl/N-ethyl adjacent to an activating group) is 1. The van der Waals surface area contributed by atoms with Crippen LogP contribution in [0.1, 0.15) is 6.42 Å². The third-order valence-electron chi connectivity index (χ3n) is 4.19. The topological polar surface area (TPSA) is 48.4 Å². The minimum atomic E-state index is -0.301. The summed E-state index contributed by atoms with van der Waals surface area (Å²) in [7, 11) is 5.85. The van der Waals surface area contributed by atoms with E-state index in [2.05, 4.69) is 35.8 Å². The van der Waals surface area contributed by atoms with E-state index < -0.39 is 0 Å². The van der Waals surface area contributed by atoms with E-state index >= 15 is 0 Å². The Hall–Kier alpha value is -1.96. The van der Waals surface area contributed by atoms with Crippen molar-refractivity contribution in [3.63, 3.8) is 0 Å². The van der Waals surface area contributed by atoms with Crippen LogP contribution in [0.5, 0.6) is 0 Å². The molecule has 1 saturated heterocycles. The van der Waals surface area contributed by atoms with Gasteiger partial charge in [0.2, 0.25) is 5.95 Å². The zero-order chi connectivity index (χ0) is 17.3. The van der Waals surface area contributed by atoms with Gasteiger partial charge in [0.15, 0.2) is 11.6 Å².